The molecule has 2 fully saturated rings. The van der Waals surface area contributed by atoms with Gasteiger partial charge >= 0.3 is 0 Å². The molecule has 0 aromatic carbocycles. The quantitative estimate of drug-likeness (QED) is 0.858. The summed E-state index contributed by atoms with van der Waals surface area (Å²) in [5.41, 5.74) is 1.34. The average Bonchev–Trinajstić information content (AvgIpc) is 3.05. The van der Waals surface area contributed by atoms with Gasteiger partial charge in [-0.15, -0.1) is 0 Å². The van der Waals surface area contributed by atoms with Crippen molar-refractivity contribution >= 4 is 5.91 Å². The molecule has 0 bridgehead atoms. The number of morpholine rings is 1. The molecule has 130 valence electrons. The smallest absolute Gasteiger partial charge is 0.272 e. The lowest BCUT2D eigenvalue weighted by Crippen LogP contribution is -2.54. The van der Waals surface area contributed by atoms with E-state index < -0.39 is 0 Å². The lowest BCUT2D eigenvalue weighted by molar-refractivity contribution is -0.0787. The summed E-state index contributed by atoms with van der Waals surface area (Å²) >= 11 is 0. The number of aromatic nitrogens is 2. The normalized spacial score (nSPS) is 25.5. The SMILES string of the molecule is Cc1cccc(C(=O)N2CCO[C@H]3[C@H](Oc4cccnc4)CC[C@@H]32)n1. The molecule has 0 unspecified atom stereocenters. The van der Waals surface area contributed by atoms with E-state index in [1.165, 1.54) is 0 Å². The number of aryl methyl sites for hydroxylation is 1. The van der Waals surface area contributed by atoms with Crippen LogP contribution in [-0.2, 0) is 4.74 Å². The fourth-order valence-corrected chi connectivity index (χ4v) is 3.69. The number of fused-ring (bicyclic) bond motifs is 1. The summed E-state index contributed by atoms with van der Waals surface area (Å²) in [4.78, 5) is 23.3. The van der Waals surface area contributed by atoms with Crippen molar-refractivity contribution in [1.29, 1.82) is 0 Å². The number of hydrogen-bond donors (Lipinski definition) is 0. The first-order valence-electron chi connectivity index (χ1n) is 8.65. The Morgan fingerprint density at radius 1 is 1.28 bits per heavy atom. The monoisotopic (exact) mass is 339 g/mol. The predicted octanol–water partition coefficient (Wildman–Crippen LogP) is 2.24. The molecule has 1 amide bonds. The van der Waals surface area contributed by atoms with Crippen molar-refractivity contribution in [2.45, 2.75) is 38.0 Å². The highest BCUT2D eigenvalue weighted by Crippen LogP contribution is 2.33. The fourth-order valence-electron chi connectivity index (χ4n) is 3.69. The van der Waals surface area contributed by atoms with E-state index in [1.54, 1.807) is 18.5 Å². The Morgan fingerprint density at radius 3 is 3.00 bits per heavy atom. The molecule has 0 N–H and O–H groups in total. The van der Waals surface area contributed by atoms with Crippen molar-refractivity contribution in [3.05, 3.63) is 54.1 Å². The lowest BCUT2D eigenvalue weighted by Gasteiger charge is -2.38. The molecule has 2 aromatic heterocycles. The van der Waals surface area contributed by atoms with E-state index >= 15 is 0 Å². The zero-order valence-corrected chi connectivity index (χ0v) is 14.2. The molecule has 3 heterocycles. The molecule has 2 aromatic rings. The molecule has 1 aliphatic carbocycles. The van der Waals surface area contributed by atoms with E-state index in [1.807, 2.05) is 36.1 Å². The number of rotatable bonds is 3. The Bertz CT molecular complexity index is 753. The van der Waals surface area contributed by atoms with E-state index in [-0.39, 0.29) is 24.2 Å². The second-order valence-corrected chi connectivity index (χ2v) is 6.49. The second kappa shape index (κ2) is 6.80. The van der Waals surface area contributed by atoms with Crippen molar-refractivity contribution in [2.75, 3.05) is 13.2 Å². The van der Waals surface area contributed by atoms with Gasteiger partial charge in [-0.3, -0.25) is 9.78 Å². The fraction of sp³-hybridized carbons (Fsp3) is 0.421. The Morgan fingerprint density at radius 2 is 2.20 bits per heavy atom. The molecule has 2 aliphatic rings. The van der Waals surface area contributed by atoms with Gasteiger partial charge in [-0.1, -0.05) is 6.07 Å². The molecule has 1 saturated carbocycles. The summed E-state index contributed by atoms with van der Waals surface area (Å²) in [5, 5.41) is 0. The zero-order chi connectivity index (χ0) is 17.2. The number of carbonyl (C=O) groups is 1. The van der Waals surface area contributed by atoms with Gasteiger partial charge in [0, 0.05) is 18.4 Å². The maximum atomic E-state index is 12.9. The van der Waals surface area contributed by atoms with Gasteiger partial charge in [-0.05, 0) is 44.0 Å². The summed E-state index contributed by atoms with van der Waals surface area (Å²) in [5.74, 6) is 0.713. The van der Waals surface area contributed by atoms with Gasteiger partial charge in [0.15, 0.2) is 0 Å². The zero-order valence-electron chi connectivity index (χ0n) is 14.2. The van der Waals surface area contributed by atoms with Crippen LogP contribution in [0.25, 0.3) is 0 Å². The Balaban J connectivity index is 1.50. The van der Waals surface area contributed by atoms with Crippen LogP contribution in [0.15, 0.2) is 42.7 Å². The second-order valence-electron chi connectivity index (χ2n) is 6.49. The van der Waals surface area contributed by atoms with Gasteiger partial charge in [0.1, 0.15) is 23.7 Å². The third kappa shape index (κ3) is 3.22. The average molecular weight is 339 g/mol. The largest absolute Gasteiger partial charge is 0.486 e. The number of hydrogen-bond acceptors (Lipinski definition) is 5. The van der Waals surface area contributed by atoms with Crippen LogP contribution in [0.3, 0.4) is 0 Å². The van der Waals surface area contributed by atoms with Gasteiger partial charge < -0.3 is 14.4 Å². The third-order valence-corrected chi connectivity index (χ3v) is 4.83. The number of amides is 1. The standard InChI is InChI=1S/C19H21N3O3/c1-13-4-2-6-15(21-13)19(23)22-10-11-24-18-16(22)7-8-17(18)25-14-5-3-9-20-12-14/h2-6,9,12,16-18H,7-8,10-11H2,1H3/t16-,17+,18+/m0/s1. The van der Waals surface area contributed by atoms with Crippen LogP contribution >= 0.6 is 0 Å². The number of pyridine rings is 2. The van der Waals surface area contributed by atoms with Crippen molar-refractivity contribution in [2.24, 2.45) is 0 Å². The molecule has 4 rings (SSSR count). The van der Waals surface area contributed by atoms with Gasteiger partial charge in [0.2, 0.25) is 0 Å². The van der Waals surface area contributed by atoms with Crippen molar-refractivity contribution in [1.82, 2.24) is 14.9 Å². The van der Waals surface area contributed by atoms with Crippen LogP contribution < -0.4 is 4.74 Å². The van der Waals surface area contributed by atoms with Gasteiger partial charge in [0.05, 0.1) is 18.8 Å². The minimum atomic E-state index is -0.109. The van der Waals surface area contributed by atoms with Crippen molar-refractivity contribution < 1.29 is 14.3 Å². The molecular weight excluding hydrogens is 318 g/mol. The van der Waals surface area contributed by atoms with Gasteiger partial charge in [0.25, 0.3) is 5.91 Å². The molecule has 6 heteroatoms. The van der Waals surface area contributed by atoms with Crippen LogP contribution in [0.2, 0.25) is 0 Å². The summed E-state index contributed by atoms with van der Waals surface area (Å²) in [6.45, 7) is 3.01. The Hall–Kier alpha value is -2.47. The van der Waals surface area contributed by atoms with Gasteiger partial charge in [-0.25, -0.2) is 4.98 Å². The lowest BCUT2D eigenvalue weighted by atomic mass is 10.1. The van der Waals surface area contributed by atoms with E-state index in [0.29, 0.717) is 18.8 Å². The predicted molar refractivity (Wildman–Crippen MR) is 91.4 cm³/mol. The highest BCUT2D eigenvalue weighted by molar-refractivity contribution is 5.92. The maximum absolute atomic E-state index is 12.9. The molecule has 1 saturated heterocycles. The van der Waals surface area contributed by atoms with E-state index in [0.717, 1.165) is 24.3 Å². The number of nitrogens with zero attached hydrogens (tertiary/aromatic N) is 3. The van der Waals surface area contributed by atoms with E-state index in [2.05, 4.69) is 9.97 Å². The first-order valence-corrected chi connectivity index (χ1v) is 8.65. The van der Waals surface area contributed by atoms with Crippen molar-refractivity contribution in [3.8, 4) is 5.75 Å². The first-order chi connectivity index (χ1) is 12.2. The molecule has 3 atom stereocenters. The van der Waals surface area contributed by atoms with E-state index in [4.69, 9.17) is 9.47 Å². The maximum Gasteiger partial charge on any atom is 0.272 e. The van der Waals surface area contributed by atoms with Crippen LogP contribution in [0, 0.1) is 6.92 Å². The summed E-state index contributed by atoms with van der Waals surface area (Å²) in [6, 6.07) is 9.32. The Kier molecular flexibility index (Phi) is 4.36. The van der Waals surface area contributed by atoms with E-state index in [9.17, 15) is 4.79 Å². The Labute approximate surface area is 146 Å². The van der Waals surface area contributed by atoms with Crippen LogP contribution in [0.1, 0.15) is 29.0 Å². The summed E-state index contributed by atoms with van der Waals surface area (Å²) < 4.78 is 12.0. The molecule has 6 nitrogen and oxygen atoms in total. The molecular formula is C19H21N3O3. The summed E-state index contributed by atoms with van der Waals surface area (Å²) in [6.07, 6.45) is 4.98. The van der Waals surface area contributed by atoms with Crippen LogP contribution in [0.5, 0.6) is 5.75 Å². The topological polar surface area (TPSA) is 64.6 Å². The van der Waals surface area contributed by atoms with Crippen molar-refractivity contribution in [3.63, 3.8) is 0 Å². The third-order valence-electron chi connectivity index (χ3n) is 4.83. The minimum Gasteiger partial charge on any atom is -0.486 e. The number of ether oxygens (including phenoxy) is 2. The first kappa shape index (κ1) is 16.0. The molecule has 25 heavy (non-hydrogen) atoms. The number of carbonyl (C=O) groups excluding carboxylic acids is 1. The molecule has 0 spiro atoms. The van der Waals surface area contributed by atoms with Crippen LogP contribution in [-0.4, -0.2) is 52.2 Å². The van der Waals surface area contributed by atoms with Crippen LogP contribution in [0.4, 0.5) is 0 Å². The molecule has 0 radical (unpaired) electrons. The van der Waals surface area contributed by atoms with Gasteiger partial charge in [-0.2, -0.15) is 0 Å². The highest BCUT2D eigenvalue weighted by atomic mass is 16.5. The molecule has 1 aliphatic heterocycles. The highest BCUT2D eigenvalue weighted by Gasteiger charge is 2.46. The minimum absolute atomic E-state index is 0.0240. The summed E-state index contributed by atoms with van der Waals surface area (Å²) in [7, 11) is 0.